The molecule has 0 spiro atoms. The van der Waals surface area contributed by atoms with E-state index in [4.69, 9.17) is 0 Å². The van der Waals surface area contributed by atoms with E-state index in [9.17, 15) is 0 Å². The molecule has 0 amide bonds. The molecule has 0 aliphatic heterocycles. The third kappa shape index (κ3) is 14.3. The van der Waals surface area contributed by atoms with E-state index in [2.05, 4.69) is 12.2 Å². The molecule has 1 nitrogen and oxygen atoms in total. The van der Waals surface area contributed by atoms with Gasteiger partial charge in [-0.2, -0.15) is 0 Å². The first-order chi connectivity index (χ1) is 11.9. The Kier molecular flexibility index (Phi) is 16.3. The summed E-state index contributed by atoms with van der Waals surface area (Å²) in [6, 6.07) is 0.825. The molecule has 0 atom stereocenters. The summed E-state index contributed by atoms with van der Waals surface area (Å²) in [5.41, 5.74) is 0. The van der Waals surface area contributed by atoms with Gasteiger partial charge in [-0.05, 0) is 25.8 Å². The standard InChI is InChI=1S/C23H47N/c1-2-3-4-5-6-7-8-9-13-16-19-22-24-23-20-17-14-11-10-12-15-18-21-23/h23-24H,2-22H2,1H3. The van der Waals surface area contributed by atoms with Gasteiger partial charge in [0.15, 0.2) is 0 Å². The van der Waals surface area contributed by atoms with Gasteiger partial charge in [0.05, 0.1) is 0 Å². The van der Waals surface area contributed by atoms with Crippen molar-refractivity contribution in [3.63, 3.8) is 0 Å². The van der Waals surface area contributed by atoms with Gasteiger partial charge in [0.2, 0.25) is 0 Å². The molecule has 0 radical (unpaired) electrons. The molecule has 0 heterocycles. The van der Waals surface area contributed by atoms with Gasteiger partial charge in [-0.25, -0.2) is 0 Å². The summed E-state index contributed by atoms with van der Waals surface area (Å²) >= 11 is 0. The highest BCUT2D eigenvalue weighted by atomic mass is 14.9. The third-order valence-electron chi connectivity index (χ3n) is 5.82. The van der Waals surface area contributed by atoms with Gasteiger partial charge in [-0.3, -0.25) is 0 Å². The van der Waals surface area contributed by atoms with Crippen LogP contribution in [-0.4, -0.2) is 12.6 Å². The SMILES string of the molecule is CCCCCCCCCCCCCNC1CCCCCCCCC1. The lowest BCUT2D eigenvalue weighted by Gasteiger charge is -2.20. The van der Waals surface area contributed by atoms with Gasteiger partial charge in [0.25, 0.3) is 0 Å². The molecule has 1 rings (SSSR count). The normalized spacial score (nSPS) is 17.9. The molecule has 1 N–H and O–H groups in total. The topological polar surface area (TPSA) is 12.0 Å². The highest BCUT2D eigenvalue weighted by Crippen LogP contribution is 2.17. The second-order valence-electron chi connectivity index (χ2n) is 8.24. The average molecular weight is 338 g/mol. The molecule has 0 bridgehead atoms. The molecule has 144 valence electrons. The molecular formula is C23H47N. The molecule has 0 aromatic carbocycles. The van der Waals surface area contributed by atoms with Crippen LogP contribution in [0.1, 0.15) is 135 Å². The predicted octanol–water partition coefficient (Wildman–Crippen LogP) is 7.78. The summed E-state index contributed by atoms with van der Waals surface area (Å²) in [4.78, 5) is 0. The van der Waals surface area contributed by atoms with Crippen LogP contribution in [0.3, 0.4) is 0 Å². The zero-order chi connectivity index (χ0) is 17.1. The zero-order valence-corrected chi connectivity index (χ0v) is 16.9. The summed E-state index contributed by atoms with van der Waals surface area (Å²) in [5, 5.41) is 3.87. The maximum absolute atomic E-state index is 3.87. The van der Waals surface area contributed by atoms with Crippen molar-refractivity contribution in [1.82, 2.24) is 5.32 Å². The minimum atomic E-state index is 0.825. The van der Waals surface area contributed by atoms with Crippen LogP contribution in [0, 0.1) is 0 Å². The summed E-state index contributed by atoms with van der Waals surface area (Å²) in [6.07, 6.45) is 29.1. The van der Waals surface area contributed by atoms with Crippen molar-refractivity contribution >= 4 is 0 Å². The van der Waals surface area contributed by atoms with Crippen LogP contribution in [0.2, 0.25) is 0 Å². The molecule has 1 heteroatoms. The van der Waals surface area contributed by atoms with Gasteiger partial charge in [0, 0.05) is 6.04 Å². The largest absolute Gasteiger partial charge is 0.314 e. The number of unbranched alkanes of at least 4 members (excludes halogenated alkanes) is 10. The fourth-order valence-electron chi connectivity index (χ4n) is 4.11. The fraction of sp³-hybridized carbons (Fsp3) is 1.00. The Bertz CT molecular complexity index is 228. The molecule has 1 fully saturated rings. The van der Waals surface area contributed by atoms with E-state index in [1.807, 2.05) is 0 Å². The summed E-state index contributed by atoms with van der Waals surface area (Å²) in [7, 11) is 0. The van der Waals surface area contributed by atoms with E-state index in [0.29, 0.717) is 0 Å². The smallest absolute Gasteiger partial charge is 0.00670 e. The molecule has 1 saturated carbocycles. The minimum absolute atomic E-state index is 0.825. The molecule has 24 heavy (non-hydrogen) atoms. The van der Waals surface area contributed by atoms with E-state index in [1.54, 1.807) is 0 Å². The van der Waals surface area contributed by atoms with Gasteiger partial charge in [-0.1, -0.05) is 116 Å². The molecule has 0 aromatic heterocycles. The van der Waals surface area contributed by atoms with Crippen molar-refractivity contribution in [2.24, 2.45) is 0 Å². The molecule has 0 saturated heterocycles. The zero-order valence-electron chi connectivity index (χ0n) is 16.9. The van der Waals surface area contributed by atoms with Crippen molar-refractivity contribution in [3.8, 4) is 0 Å². The Balaban J connectivity index is 1.84. The summed E-state index contributed by atoms with van der Waals surface area (Å²) in [5.74, 6) is 0. The van der Waals surface area contributed by atoms with Gasteiger partial charge >= 0.3 is 0 Å². The van der Waals surface area contributed by atoms with Gasteiger partial charge in [-0.15, -0.1) is 0 Å². The van der Waals surface area contributed by atoms with Crippen molar-refractivity contribution < 1.29 is 0 Å². The van der Waals surface area contributed by atoms with Gasteiger partial charge in [0.1, 0.15) is 0 Å². The van der Waals surface area contributed by atoms with E-state index < -0.39 is 0 Å². The summed E-state index contributed by atoms with van der Waals surface area (Å²) < 4.78 is 0. The predicted molar refractivity (Wildman–Crippen MR) is 110 cm³/mol. The lowest BCUT2D eigenvalue weighted by atomic mass is 9.97. The molecule has 0 aromatic rings. The lowest BCUT2D eigenvalue weighted by molar-refractivity contribution is 0.394. The lowest BCUT2D eigenvalue weighted by Crippen LogP contribution is -2.30. The molecule has 1 aliphatic rings. The quantitative estimate of drug-likeness (QED) is 0.338. The van der Waals surface area contributed by atoms with Crippen LogP contribution in [0.5, 0.6) is 0 Å². The van der Waals surface area contributed by atoms with Crippen LogP contribution < -0.4 is 5.32 Å². The van der Waals surface area contributed by atoms with Gasteiger partial charge < -0.3 is 5.32 Å². The number of hydrogen-bond acceptors (Lipinski definition) is 1. The second-order valence-corrected chi connectivity index (χ2v) is 8.24. The van der Waals surface area contributed by atoms with Crippen molar-refractivity contribution in [2.75, 3.05) is 6.54 Å². The van der Waals surface area contributed by atoms with Crippen molar-refractivity contribution in [2.45, 2.75) is 141 Å². The van der Waals surface area contributed by atoms with Crippen LogP contribution in [-0.2, 0) is 0 Å². The number of rotatable bonds is 13. The Morgan fingerprint density at radius 3 is 1.46 bits per heavy atom. The van der Waals surface area contributed by atoms with Crippen LogP contribution in [0.4, 0.5) is 0 Å². The summed E-state index contributed by atoms with van der Waals surface area (Å²) in [6.45, 7) is 3.57. The second kappa shape index (κ2) is 17.8. The Morgan fingerprint density at radius 1 is 0.542 bits per heavy atom. The maximum Gasteiger partial charge on any atom is 0.00670 e. The minimum Gasteiger partial charge on any atom is -0.314 e. The first kappa shape index (κ1) is 22.0. The monoisotopic (exact) mass is 337 g/mol. The number of nitrogens with one attached hydrogen (secondary N) is 1. The van der Waals surface area contributed by atoms with E-state index in [0.717, 1.165) is 6.04 Å². The molecular weight excluding hydrogens is 290 g/mol. The maximum atomic E-state index is 3.87. The van der Waals surface area contributed by atoms with Crippen molar-refractivity contribution in [3.05, 3.63) is 0 Å². The Labute approximate surface area is 153 Å². The first-order valence-electron chi connectivity index (χ1n) is 11.7. The van der Waals surface area contributed by atoms with Crippen molar-refractivity contribution in [1.29, 1.82) is 0 Å². The van der Waals surface area contributed by atoms with Crippen LogP contribution in [0.15, 0.2) is 0 Å². The number of hydrogen-bond donors (Lipinski definition) is 1. The molecule has 1 aliphatic carbocycles. The first-order valence-corrected chi connectivity index (χ1v) is 11.7. The Morgan fingerprint density at radius 2 is 0.958 bits per heavy atom. The third-order valence-corrected chi connectivity index (χ3v) is 5.82. The molecule has 0 unspecified atom stereocenters. The van der Waals surface area contributed by atoms with E-state index in [-0.39, 0.29) is 0 Å². The average Bonchev–Trinajstić information content (AvgIpc) is 2.61. The highest BCUT2D eigenvalue weighted by Gasteiger charge is 2.08. The highest BCUT2D eigenvalue weighted by molar-refractivity contribution is 4.68. The van der Waals surface area contributed by atoms with E-state index in [1.165, 1.54) is 135 Å². The van der Waals surface area contributed by atoms with E-state index >= 15 is 0 Å². The fourth-order valence-corrected chi connectivity index (χ4v) is 4.11. The van der Waals surface area contributed by atoms with Crippen LogP contribution in [0.25, 0.3) is 0 Å². The Hall–Kier alpha value is -0.0400. The van der Waals surface area contributed by atoms with Crippen LogP contribution >= 0.6 is 0 Å².